The maximum absolute atomic E-state index is 13.7. The predicted octanol–water partition coefficient (Wildman–Crippen LogP) is 6.49. The first-order valence-corrected chi connectivity index (χ1v) is 10.7. The Morgan fingerprint density at radius 1 is 0.903 bits per heavy atom. The lowest BCUT2D eigenvalue weighted by molar-refractivity contribution is 0.626. The number of hydrogen-bond acceptors (Lipinski definition) is 3. The first-order chi connectivity index (χ1) is 15.0. The van der Waals surface area contributed by atoms with Crippen LogP contribution < -0.4 is 0 Å². The Hall–Kier alpha value is -3.38. The number of aryl methyl sites for hydroxylation is 1. The Balaban J connectivity index is 1.64. The van der Waals surface area contributed by atoms with E-state index in [2.05, 4.69) is 43.0 Å². The summed E-state index contributed by atoms with van der Waals surface area (Å²) in [7, 11) is 0. The van der Waals surface area contributed by atoms with E-state index in [4.69, 9.17) is 4.98 Å². The van der Waals surface area contributed by atoms with Gasteiger partial charge in [-0.3, -0.25) is 4.98 Å². The van der Waals surface area contributed by atoms with Crippen LogP contribution in [0.4, 0.5) is 4.39 Å². The molecule has 0 aliphatic rings. The Bertz CT molecular complexity index is 1410. The fraction of sp³-hybridized carbons (Fsp3) is 0.0800. The van der Waals surface area contributed by atoms with Gasteiger partial charge in [0.2, 0.25) is 0 Å². The molecule has 3 aromatic heterocycles. The summed E-state index contributed by atoms with van der Waals surface area (Å²) in [6, 6.07) is 22.5. The monoisotopic (exact) mass is 472 g/mol. The number of benzene rings is 2. The van der Waals surface area contributed by atoms with Crippen LogP contribution in [0.3, 0.4) is 0 Å². The highest BCUT2D eigenvalue weighted by Crippen LogP contribution is 2.32. The van der Waals surface area contributed by atoms with Crippen LogP contribution in [0.5, 0.6) is 0 Å². The van der Waals surface area contributed by atoms with Gasteiger partial charge in [-0.2, -0.15) is 0 Å². The third-order valence-corrected chi connectivity index (χ3v) is 5.53. The summed E-state index contributed by atoms with van der Waals surface area (Å²) in [4.78, 5) is 17.5. The van der Waals surface area contributed by atoms with Crippen LogP contribution in [0.15, 0.2) is 77.4 Å². The number of halogens is 2. The molecule has 5 rings (SSSR count). The third-order valence-electron chi connectivity index (χ3n) is 5.09. The number of pyridine rings is 2. The summed E-state index contributed by atoms with van der Waals surface area (Å²) in [5, 5.41) is 1.05. The fourth-order valence-electron chi connectivity index (χ4n) is 3.66. The molecule has 5 aromatic rings. The molecule has 0 aliphatic carbocycles. The van der Waals surface area contributed by atoms with Crippen molar-refractivity contribution >= 4 is 26.8 Å². The first kappa shape index (κ1) is 19.6. The van der Waals surface area contributed by atoms with Crippen molar-refractivity contribution in [2.75, 3.05) is 0 Å². The summed E-state index contributed by atoms with van der Waals surface area (Å²) >= 11 is 3.45. The van der Waals surface area contributed by atoms with Crippen molar-refractivity contribution in [3.8, 4) is 22.6 Å². The van der Waals surface area contributed by atoms with Crippen molar-refractivity contribution in [1.29, 1.82) is 0 Å². The normalized spacial score (nSPS) is 11.2. The minimum atomic E-state index is -0.254. The maximum Gasteiger partial charge on any atom is 0.123 e. The van der Waals surface area contributed by atoms with Gasteiger partial charge in [0.15, 0.2) is 0 Å². The van der Waals surface area contributed by atoms with Gasteiger partial charge in [0.25, 0.3) is 0 Å². The molecule has 6 heteroatoms. The van der Waals surface area contributed by atoms with Gasteiger partial charge in [-0.05, 0) is 70.9 Å². The van der Waals surface area contributed by atoms with Crippen LogP contribution in [-0.4, -0.2) is 19.9 Å². The molecular weight excluding hydrogens is 455 g/mol. The van der Waals surface area contributed by atoms with Gasteiger partial charge in [0, 0.05) is 23.1 Å². The smallest absolute Gasteiger partial charge is 0.123 e. The molecule has 0 fully saturated rings. The van der Waals surface area contributed by atoms with Crippen molar-refractivity contribution in [2.24, 2.45) is 0 Å². The third kappa shape index (κ3) is 4.11. The average Bonchev–Trinajstić information content (AvgIpc) is 3.17. The van der Waals surface area contributed by atoms with Gasteiger partial charge < -0.3 is 4.98 Å². The Morgan fingerprint density at radius 2 is 1.77 bits per heavy atom. The highest BCUT2D eigenvalue weighted by molar-refractivity contribution is 9.10. The summed E-state index contributed by atoms with van der Waals surface area (Å²) in [5.74, 6) is 0.495. The van der Waals surface area contributed by atoms with E-state index in [0.29, 0.717) is 6.42 Å². The molecule has 0 spiro atoms. The average molecular weight is 473 g/mol. The molecule has 0 saturated heterocycles. The van der Waals surface area contributed by atoms with Crippen molar-refractivity contribution in [3.05, 3.63) is 100 Å². The molecule has 0 bridgehead atoms. The molecule has 0 aliphatic heterocycles. The molecule has 0 atom stereocenters. The van der Waals surface area contributed by atoms with Crippen LogP contribution in [0.1, 0.15) is 17.1 Å². The summed E-state index contributed by atoms with van der Waals surface area (Å²) in [6.45, 7) is 1.98. The zero-order valence-electron chi connectivity index (χ0n) is 16.7. The number of aromatic nitrogens is 4. The molecule has 1 N–H and O–H groups in total. The lowest BCUT2D eigenvalue weighted by Gasteiger charge is -2.05. The van der Waals surface area contributed by atoms with E-state index < -0.39 is 0 Å². The van der Waals surface area contributed by atoms with Crippen molar-refractivity contribution in [2.45, 2.75) is 13.3 Å². The highest BCUT2D eigenvalue weighted by atomic mass is 79.9. The SMILES string of the molecule is Cc1ccc2cc(-c3nc(Cc4cccc(F)c4)[nH]c3-c3cccc(Br)n3)ccc2n1. The number of rotatable bonds is 4. The second kappa shape index (κ2) is 8.04. The standard InChI is InChI=1S/C25H18BrFN4/c1-15-8-9-17-14-18(10-11-20(17)28-15)24-25(21-6-3-7-22(26)29-21)31-23(30-24)13-16-4-2-5-19(27)12-16/h2-12,14H,13H2,1H3,(H,30,31). The van der Waals surface area contributed by atoms with E-state index in [0.717, 1.165) is 55.2 Å². The van der Waals surface area contributed by atoms with Crippen LogP contribution in [0, 0.1) is 12.7 Å². The number of H-pyrrole nitrogens is 1. The van der Waals surface area contributed by atoms with Crippen molar-refractivity contribution in [1.82, 2.24) is 19.9 Å². The largest absolute Gasteiger partial charge is 0.340 e. The summed E-state index contributed by atoms with van der Waals surface area (Å²) in [6.07, 6.45) is 0.493. The number of aromatic amines is 1. The molecule has 0 amide bonds. The molecular formula is C25H18BrFN4. The number of hydrogen-bond donors (Lipinski definition) is 1. The minimum Gasteiger partial charge on any atom is -0.340 e. The molecule has 0 unspecified atom stereocenters. The van der Waals surface area contributed by atoms with E-state index in [9.17, 15) is 4.39 Å². The Morgan fingerprint density at radius 3 is 2.61 bits per heavy atom. The lowest BCUT2D eigenvalue weighted by atomic mass is 10.1. The zero-order valence-corrected chi connectivity index (χ0v) is 18.3. The van der Waals surface area contributed by atoms with Gasteiger partial charge in [-0.1, -0.05) is 30.3 Å². The Kier molecular flexibility index (Phi) is 5.08. The molecule has 31 heavy (non-hydrogen) atoms. The van der Waals surface area contributed by atoms with Gasteiger partial charge in [-0.25, -0.2) is 14.4 Å². The van der Waals surface area contributed by atoms with Crippen LogP contribution in [-0.2, 0) is 6.42 Å². The zero-order chi connectivity index (χ0) is 21.4. The molecule has 0 saturated carbocycles. The number of nitrogens with one attached hydrogen (secondary N) is 1. The summed E-state index contributed by atoms with van der Waals surface area (Å²) in [5.41, 5.74) is 6.16. The van der Waals surface area contributed by atoms with Gasteiger partial charge in [-0.15, -0.1) is 0 Å². The fourth-order valence-corrected chi connectivity index (χ4v) is 4.01. The lowest BCUT2D eigenvalue weighted by Crippen LogP contribution is -1.92. The van der Waals surface area contributed by atoms with Crippen LogP contribution in [0.25, 0.3) is 33.5 Å². The highest BCUT2D eigenvalue weighted by Gasteiger charge is 2.16. The minimum absolute atomic E-state index is 0.254. The van der Waals surface area contributed by atoms with E-state index in [1.807, 2.05) is 49.4 Å². The molecule has 3 heterocycles. The number of imidazole rings is 1. The number of nitrogens with zero attached hydrogens (tertiary/aromatic N) is 3. The van der Waals surface area contributed by atoms with Crippen LogP contribution >= 0.6 is 15.9 Å². The molecule has 2 aromatic carbocycles. The number of fused-ring (bicyclic) bond motifs is 1. The molecule has 0 radical (unpaired) electrons. The van der Waals surface area contributed by atoms with E-state index in [-0.39, 0.29) is 5.82 Å². The van der Waals surface area contributed by atoms with Crippen molar-refractivity contribution in [3.63, 3.8) is 0 Å². The van der Waals surface area contributed by atoms with E-state index in [1.165, 1.54) is 12.1 Å². The van der Waals surface area contributed by atoms with Gasteiger partial charge in [0.1, 0.15) is 16.2 Å². The second-order valence-electron chi connectivity index (χ2n) is 7.42. The maximum atomic E-state index is 13.7. The first-order valence-electron chi connectivity index (χ1n) is 9.89. The van der Waals surface area contributed by atoms with E-state index in [1.54, 1.807) is 6.07 Å². The molecule has 4 nitrogen and oxygen atoms in total. The molecule has 152 valence electrons. The van der Waals surface area contributed by atoms with Crippen molar-refractivity contribution < 1.29 is 4.39 Å². The second-order valence-corrected chi connectivity index (χ2v) is 8.23. The Labute approximate surface area is 187 Å². The topological polar surface area (TPSA) is 54.5 Å². The van der Waals surface area contributed by atoms with Crippen LogP contribution in [0.2, 0.25) is 0 Å². The summed E-state index contributed by atoms with van der Waals surface area (Å²) < 4.78 is 14.4. The van der Waals surface area contributed by atoms with Gasteiger partial charge >= 0.3 is 0 Å². The predicted molar refractivity (Wildman–Crippen MR) is 124 cm³/mol. The quantitative estimate of drug-likeness (QED) is 0.304. The van der Waals surface area contributed by atoms with Gasteiger partial charge in [0.05, 0.1) is 22.6 Å². The van der Waals surface area contributed by atoms with E-state index >= 15 is 0 Å².